The van der Waals surface area contributed by atoms with Gasteiger partial charge in [-0.25, -0.2) is 9.97 Å². The number of nitrogens with zero attached hydrogens (tertiary/aromatic N) is 3. The van der Waals surface area contributed by atoms with Gasteiger partial charge in [0.25, 0.3) is 0 Å². The SMILES string of the molecule is CCc1nc(C)c[nH]1.c1ccc(Cn2ccnc2-c2ccccc2)cc1. The van der Waals surface area contributed by atoms with Crippen molar-refractivity contribution in [3.8, 4) is 11.4 Å². The molecule has 0 saturated carbocycles. The summed E-state index contributed by atoms with van der Waals surface area (Å²) in [5.74, 6) is 2.09. The summed E-state index contributed by atoms with van der Waals surface area (Å²) in [6.45, 7) is 4.92. The zero-order valence-electron chi connectivity index (χ0n) is 15.3. The van der Waals surface area contributed by atoms with Crippen LogP contribution in [0.3, 0.4) is 0 Å². The molecule has 132 valence electrons. The molecule has 4 nitrogen and oxygen atoms in total. The number of nitrogens with one attached hydrogen (secondary N) is 1. The molecule has 0 aliphatic heterocycles. The number of rotatable bonds is 4. The summed E-state index contributed by atoms with van der Waals surface area (Å²) in [5.41, 5.74) is 3.51. The van der Waals surface area contributed by atoms with E-state index in [1.807, 2.05) is 49.8 Å². The second-order valence-electron chi connectivity index (χ2n) is 6.07. The highest BCUT2D eigenvalue weighted by Crippen LogP contribution is 2.17. The number of imidazole rings is 2. The van der Waals surface area contributed by atoms with E-state index in [4.69, 9.17) is 0 Å². The van der Waals surface area contributed by atoms with Crippen molar-refractivity contribution in [2.45, 2.75) is 26.8 Å². The minimum Gasteiger partial charge on any atom is -0.348 e. The van der Waals surface area contributed by atoms with Crippen molar-refractivity contribution in [3.63, 3.8) is 0 Å². The Balaban J connectivity index is 0.000000206. The van der Waals surface area contributed by atoms with Crippen LogP contribution in [0.15, 0.2) is 79.3 Å². The molecule has 0 unspecified atom stereocenters. The lowest BCUT2D eigenvalue weighted by Crippen LogP contribution is -2.00. The fourth-order valence-corrected chi connectivity index (χ4v) is 2.71. The van der Waals surface area contributed by atoms with Gasteiger partial charge in [-0.05, 0) is 12.5 Å². The van der Waals surface area contributed by atoms with E-state index in [-0.39, 0.29) is 0 Å². The van der Waals surface area contributed by atoms with Crippen molar-refractivity contribution in [3.05, 3.63) is 96.3 Å². The fourth-order valence-electron chi connectivity index (χ4n) is 2.71. The number of benzene rings is 2. The van der Waals surface area contributed by atoms with E-state index in [1.54, 1.807) is 0 Å². The summed E-state index contributed by atoms with van der Waals surface area (Å²) < 4.78 is 2.17. The Morgan fingerprint density at radius 3 is 2.23 bits per heavy atom. The molecule has 0 atom stereocenters. The molecule has 1 N–H and O–H groups in total. The number of hydrogen-bond acceptors (Lipinski definition) is 2. The summed E-state index contributed by atoms with van der Waals surface area (Å²) >= 11 is 0. The van der Waals surface area contributed by atoms with Gasteiger partial charge in [0.15, 0.2) is 0 Å². The van der Waals surface area contributed by atoms with Crippen molar-refractivity contribution in [1.29, 1.82) is 0 Å². The molecule has 2 aromatic carbocycles. The van der Waals surface area contributed by atoms with E-state index in [2.05, 4.69) is 62.8 Å². The van der Waals surface area contributed by atoms with Crippen LogP contribution in [0.1, 0.15) is 24.0 Å². The summed E-state index contributed by atoms with van der Waals surface area (Å²) in [6.07, 6.45) is 6.78. The first-order valence-electron chi connectivity index (χ1n) is 8.87. The smallest absolute Gasteiger partial charge is 0.140 e. The van der Waals surface area contributed by atoms with E-state index in [1.165, 1.54) is 5.56 Å². The molecule has 26 heavy (non-hydrogen) atoms. The second-order valence-corrected chi connectivity index (χ2v) is 6.07. The van der Waals surface area contributed by atoms with Gasteiger partial charge in [-0.15, -0.1) is 0 Å². The summed E-state index contributed by atoms with van der Waals surface area (Å²) in [5, 5.41) is 0. The maximum atomic E-state index is 4.45. The van der Waals surface area contributed by atoms with Crippen LogP contribution in [-0.4, -0.2) is 19.5 Å². The Morgan fingerprint density at radius 2 is 1.65 bits per heavy atom. The lowest BCUT2D eigenvalue weighted by Gasteiger charge is -2.07. The lowest BCUT2D eigenvalue weighted by atomic mass is 10.2. The molecule has 2 aromatic heterocycles. The van der Waals surface area contributed by atoms with Crippen molar-refractivity contribution in [1.82, 2.24) is 19.5 Å². The number of aromatic amines is 1. The topological polar surface area (TPSA) is 46.5 Å². The number of aromatic nitrogens is 4. The summed E-state index contributed by atoms with van der Waals surface area (Å²) in [7, 11) is 0. The molecule has 4 rings (SSSR count). The third-order valence-electron chi connectivity index (χ3n) is 4.04. The van der Waals surface area contributed by atoms with E-state index in [0.29, 0.717) is 0 Å². The Hall–Kier alpha value is -3.14. The molecule has 0 spiro atoms. The predicted octanol–water partition coefficient (Wildman–Crippen LogP) is 4.88. The van der Waals surface area contributed by atoms with Gasteiger partial charge in [-0.2, -0.15) is 0 Å². The van der Waals surface area contributed by atoms with Crippen LogP contribution in [0.25, 0.3) is 11.4 Å². The van der Waals surface area contributed by atoms with Crippen LogP contribution < -0.4 is 0 Å². The molecule has 4 aromatic rings. The zero-order chi connectivity index (χ0) is 18.2. The first-order chi connectivity index (χ1) is 12.8. The van der Waals surface area contributed by atoms with Gasteiger partial charge in [0.05, 0.1) is 5.69 Å². The van der Waals surface area contributed by atoms with Crippen LogP contribution in [0.2, 0.25) is 0 Å². The molecule has 0 aliphatic rings. The first-order valence-corrected chi connectivity index (χ1v) is 8.87. The molecule has 0 fully saturated rings. The second kappa shape index (κ2) is 8.81. The first kappa shape index (κ1) is 17.7. The lowest BCUT2D eigenvalue weighted by molar-refractivity contribution is 0.807. The van der Waals surface area contributed by atoms with Crippen molar-refractivity contribution >= 4 is 0 Å². The largest absolute Gasteiger partial charge is 0.348 e. The number of H-pyrrole nitrogens is 1. The van der Waals surface area contributed by atoms with E-state index >= 15 is 0 Å². The normalized spacial score (nSPS) is 10.2. The average Bonchev–Trinajstić information content (AvgIpc) is 3.32. The molecule has 0 amide bonds. The quantitative estimate of drug-likeness (QED) is 0.573. The Bertz CT molecular complexity index is 907. The minimum atomic E-state index is 0.852. The van der Waals surface area contributed by atoms with Crippen molar-refractivity contribution in [2.24, 2.45) is 0 Å². The molecule has 0 bridgehead atoms. The third kappa shape index (κ3) is 4.70. The van der Waals surface area contributed by atoms with Gasteiger partial charge in [0.2, 0.25) is 0 Å². The molecule has 4 heteroatoms. The predicted molar refractivity (Wildman–Crippen MR) is 106 cm³/mol. The Morgan fingerprint density at radius 1 is 0.962 bits per heavy atom. The van der Waals surface area contributed by atoms with E-state index < -0.39 is 0 Å². The highest BCUT2D eigenvalue weighted by Gasteiger charge is 2.05. The molecule has 2 heterocycles. The van der Waals surface area contributed by atoms with Gasteiger partial charge in [-0.1, -0.05) is 67.6 Å². The van der Waals surface area contributed by atoms with E-state index in [0.717, 1.165) is 35.9 Å². The van der Waals surface area contributed by atoms with Crippen LogP contribution >= 0.6 is 0 Å². The van der Waals surface area contributed by atoms with Gasteiger partial charge in [0, 0.05) is 37.1 Å². The van der Waals surface area contributed by atoms with Crippen LogP contribution in [0, 0.1) is 6.92 Å². The van der Waals surface area contributed by atoms with Gasteiger partial charge < -0.3 is 9.55 Å². The average molecular weight is 344 g/mol. The highest BCUT2D eigenvalue weighted by molar-refractivity contribution is 5.55. The third-order valence-corrected chi connectivity index (χ3v) is 4.04. The summed E-state index contributed by atoms with van der Waals surface area (Å²) in [4.78, 5) is 11.7. The van der Waals surface area contributed by atoms with Crippen molar-refractivity contribution < 1.29 is 0 Å². The molecule has 0 saturated heterocycles. The van der Waals surface area contributed by atoms with Crippen LogP contribution in [0.4, 0.5) is 0 Å². The maximum absolute atomic E-state index is 4.45. The van der Waals surface area contributed by atoms with Crippen LogP contribution in [-0.2, 0) is 13.0 Å². The Labute approximate surface area is 154 Å². The monoisotopic (exact) mass is 344 g/mol. The zero-order valence-corrected chi connectivity index (χ0v) is 15.3. The van der Waals surface area contributed by atoms with Gasteiger partial charge in [-0.3, -0.25) is 0 Å². The van der Waals surface area contributed by atoms with Crippen LogP contribution in [0.5, 0.6) is 0 Å². The minimum absolute atomic E-state index is 0.852. The molecular weight excluding hydrogens is 320 g/mol. The summed E-state index contributed by atoms with van der Waals surface area (Å²) in [6, 6.07) is 20.7. The molecular formula is C22H24N4. The Kier molecular flexibility index (Phi) is 5.99. The number of hydrogen-bond donors (Lipinski definition) is 1. The number of aryl methyl sites for hydroxylation is 2. The molecule has 0 radical (unpaired) electrons. The highest BCUT2D eigenvalue weighted by atomic mass is 15.1. The molecule has 0 aliphatic carbocycles. The van der Waals surface area contributed by atoms with Gasteiger partial charge in [0.1, 0.15) is 11.6 Å². The fraction of sp³-hybridized carbons (Fsp3) is 0.182. The maximum Gasteiger partial charge on any atom is 0.140 e. The van der Waals surface area contributed by atoms with Gasteiger partial charge >= 0.3 is 0 Å². The van der Waals surface area contributed by atoms with E-state index in [9.17, 15) is 0 Å². The van der Waals surface area contributed by atoms with Crippen molar-refractivity contribution in [2.75, 3.05) is 0 Å². The standard InChI is InChI=1S/C16H14N2.C6H10N2/c1-3-7-14(8-4-1)13-18-12-11-17-16(18)15-9-5-2-6-10-15;1-3-6-7-4-5(2)8-6/h1-12H,13H2;4H,3H2,1-2H3,(H,7,8).